The Hall–Kier alpha value is -3.07. The van der Waals surface area contributed by atoms with Gasteiger partial charge in [0.2, 0.25) is 5.43 Å². The summed E-state index contributed by atoms with van der Waals surface area (Å²) in [4.78, 5) is 40.0. The van der Waals surface area contributed by atoms with Crippen LogP contribution >= 0.6 is 11.6 Å². The Morgan fingerprint density at radius 1 is 1.26 bits per heavy atom. The molecule has 0 fully saturated rings. The van der Waals surface area contributed by atoms with Crippen LogP contribution in [0.1, 0.15) is 67.8 Å². The Bertz CT molecular complexity index is 1190. The van der Waals surface area contributed by atoms with Crippen LogP contribution in [-0.4, -0.2) is 38.7 Å². The standard InChI is InChI=1S/C24H29ClFN3O5/c1-13(2)18-17(11-27-23(33)34-24(3,4)5)29-9-8-28(22(32)19(29)21(31)20(18)30)12-14-6-7-16(26)15(25)10-14/h6-7,10,13,31H,8-9,11-12H2,1-5H3,(H,27,33). The number of hydrogen-bond donors (Lipinski definition) is 2. The number of aromatic hydroxyl groups is 1. The molecule has 0 radical (unpaired) electrons. The van der Waals surface area contributed by atoms with Crippen molar-refractivity contribution in [3.63, 3.8) is 0 Å². The number of pyridine rings is 1. The Morgan fingerprint density at radius 2 is 1.94 bits per heavy atom. The van der Waals surface area contributed by atoms with E-state index in [2.05, 4.69) is 5.32 Å². The number of ether oxygens (including phenoxy) is 1. The molecule has 0 saturated heterocycles. The molecule has 2 aromatic rings. The quantitative estimate of drug-likeness (QED) is 0.651. The molecule has 10 heteroatoms. The van der Waals surface area contributed by atoms with Crippen molar-refractivity contribution < 1.29 is 23.8 Å². The van der Waals surface area contributed by atoms with Crippen molar-refractivity contribution in [1.29, 1.82) is 0 Å². The molecule has 1 aliphatic rings. The fraction of sp³-hybridized carbons (Fsp3) is 0.458. The van der Waals surface area contributed by atoms with E-state index in [9.17, 15) is 23.9 Å². The first-order valence-electron chi connectivity index (χ1n) is 11.0. The third-order valence-electron chi connectivity index (χ3n) is 5.41. The fourth-order valence-electron chi connectivity index (χ4n) is 3.98. The molecule has 2 N–H and O–H groups in total. The Labute approximate surface area is 202 Å². The number of fused-ring (bicyclic) bond motifs is 1. The molecule has 184 valence electrons. The topological polar surface area (TPSA) is 101 Å². The number of amides is 2. The number of rotatable bonds is 5. The van der Waals surface area contributed by atoms with E-state index in [1.165, 1.54) is 23.1 Å². The predicted octanol–water partition coefficient (Wildman–Crippen LogP) is 4.15. The summed E-state index contributed by atoms with van der Waals surface area (Å²) in [5, 5.41) is 13.3. The van der Waals surface area contributed by atoms with E-state index in [0.717, 1.165) is 0 Å². The fourth-order valence-corrected chi connectivity index (χ4v) is 4.18. The minimum atomic E-state index is -0.699. The van der Waals surface area contributed by atoms with Crippen LogP contribution in [0.4, 0.5) is 9.18 Å². The third-order valence-corrected chi connectivity index (χ3v) is 5.70. The number of hydrogen-bond acceptors (Lipinski definition) is 5. The number of carbonyl (C=O) groups is 2. The third kappa shape index (κ3) is 5.35. The maximum atomic E-state index is 13.5. The zero-order chi connectivity index (χ0) is 25.4. The van der Waals surface area contributed by atoms with E-state index >= 15 is 0 Å². The molecule has 3 rings (SSSR count). The van der Waals surface area contributed by atoms with Crippen molar-refractivity contribution >= 4 is 23.6 Å². The van der Waals surface area contributed by atoms with Gasteiger partial charge in [-0.25, -0.2) is 9.18 Å². The molecule has 34 heavy (non-hydrogen) atoms. The highest BCUT2D eigenvalue weighted by Gasteiger charge is 2.33. The summed E-state index contributed by atoms with van der Waals surface area (Å²) in [5.41, 5.74) is -0.117. The van der Waals surface area contributed by atoms with Gasteiger partial charge in [-0.2, -0.15) is 0 Å². The SMILES string of the molecule is CC(C)c1c(CNC(=O)OC(C)(C)C)n2c(c(O)c1=O)C(=O)N(Cc1ccc(F)c(Cl)c1)CC2. The molecule has 0 bridgehead atoms. The maximum absolute atomic E-state index is 13.5. The van der Waals surface area contributed by atoms with Crippen molar-refractivity contribution in [3.8, 4) is 5.75 Å². The molecular weight excluding hydrogens is 465 g/mol. The molecule has 2 heterocycles. The highest BCUT2D eigenvalue weighted by Crippen LogP contribution is 2.28. The molecule has 0 unspecified atom stereocenters. The molecule has 1 aromatic heterocycles. The van der Waals surface area contributed by atoms with Gasteiger partial charge in [0.25, 0.3) is 5.91 Å². The molecule has 0 saturated carbocycles. The van der Waals surface area contributed by atoms with Crippen molar-refractivity contribution in [2.75, 3.05) is 6.54 Å². The van der Waals surface area contributed by atoms with E-state index < -0.39 is 34.6 Å². The highest BCUT2D eigenvalue weighted by molar-refractivity contribution is 6.30. The smallest absolute Gasteiger partial charge is 0.407 e. The van der Waals surface area contributed by atoms with Crippen LogP contribution in [0.25, 0.3) is 0 Å². The van der Waals surface area contributed by atoms with E-state index in [1.54, 1.807) is 39.2 Å². The lowest BCUT2D eigenvalue weighted by molar-refractivity contribution is 0.0522. The maximum Gasteiger partial charge on any atom is 0.407 e. The van der Waals surface area contributed by atoms with Crippen molar-refractivity contribution in [2.45, 2.75) is 65.8 Å². The lowest BCUT2D eigenvalue weighted by Crippen LogP contribution is -2.44. The first kappa shape index (κ1) is 25.6. The van der Waals surface area contributed by atoms with Gasteiger partial charge in [0.15, 0.2) is 11.4 Å². The molecule has 0 atom stereocenters. The number of alkyl carbamates (subject to hydrolysis) is 1. The highest BCUT2D eigenvalue weighted by atomic mass is 35.5. The summed E-state index contributed by atoms with van der Waals surface area (Å²) < 4.78 is 20.4. The molecule has 2 amide bonds. The zero-order valence-corrected chi connectivity index (χ0v) is 20.6. The van der Waals surface area contributed by atoms with Crippen LogP contribution < -0.4 is 10.7 Å². The minimum Gasteiger partial charge on any atom is -0.503 e. The van der Waals surface area contributed by atoms with E-state index in [1.807, 2.05) is 0 Å². The largest absolute Gasteiger partial charge is 0.503 e. The summed E-state index contributed by atoms with van der Waals surface area (Å²) in [6.45, 7) is 9.46. The average molecular weight is 494 g/mol. The normalized spacial score (nSPS) is 13.8. The number of aromatic nitrogens is 1. The van der Waals surface area contributed by atoms with Crippen LogP contribution in [0.15, 0.2) is 23.0 Å². The number of nitrogens with zero attached hydrogens (tertiary/aromatic N) is 2. The van der Waals surface area contributed by atoms with Crippen molar-refractivity contribution in [3.05, 3.63) is 61.8 Å². The number of carbonyl (C=O) groups excluding carboxylic acids is 2. The Balaban J connectivity index is 1.98. The number of benzene rings is 1. The Morgan fingerprint density at radius 3 is 2.53 bits per heavy atom. The van der Waals surface area contributed by atoms with Gasteiger partial charge in [-0.15, -0.1) is 0 Å². The molecule has 1 aliphatic heterocycles. The summed E-state index contributed by atoms with van der Waals surface area (Å²) in [7, 11) is 0. The zero-order valence-electron chi connectivity index (χ0n) is 19.9. The van der Waals surface area contributed by atoms with Gasteiger partial charge in [-0.1, -0.05) is 31.5 Å². The van der Waals surface area contributed by atoms with Gasteiger partial charge >= 0.3 is 6.09 Å². The second-order valence-electron chi connectivity index (χ2n) is 9.52. The summed E-state index contributed by atoms with van der Waals surface area (Å²) in [5.74, 6) is -2.00. The average Bonchev–Trinajstić information content (AvgIpc) is 2.72. The molecule has 0 aliphatic carbocycles. The van der Waals surface area contributed by atoms with Gasteiger partial charge < -0.3 is 24.6 Å². The van der Waals surface area contributed by atoms with Crippen LogP contribution in [0.3, 0.4) is 0 Å². The first-order valence-corrected chi connectivity index (χ1v) is 11.4. The van der Waals surface area contributed by atoms with E-state index in [-0.39, 0.29) is 42.8 Å². The van der Waals surface area contributed by atoms with Gasteiger partial charge in [-0.05, 0) is 44.4 Å². The van der Waals surface area contributed by atoms with Gasteiger partial charge in [-0.3, -0.25) is 9.59 Å². The summed E-state index contributed by atoms with van der Waals surface area (Å²) in [6.07, 6.45) is -0.658. The molecule has 1 aromatic carbocycles. The van der Waals surface area contributed by atoms with Gasteiger partial charge in [0.05, 0.1) is 11.6 Å². The second kappa shape index (κ2) is 9.66. The van der Waals surface area contributed by atoms with Crippen molar-refractivity contribution in [2.24, 2.45) is 0 Å². The molecule has 0 spiro atoms. The minimum absolute atomic E-state index is 0.0498. The number of nitrogens with one attached hydrogen (secondary N) is 1. The first-order chi connectivity index (χ1) is 15.8. The van der Waals surface area contributed by atoms with Gasteiger partial charge in [0.1, 0.15) is 11.4 Å². The Kier molecular flexibility index (Phi) is 7.26. The van der Waals surface area contributed by atoms with Crippen LogP contribution in [0.5, 0.6) is 5.75 Å². The van der Waals surface area contributed by atoms with E-state index in [4.69, 9.17) is 16.3 Å². The lowest BCUT2D eigenvalue weighted by atomic mass is 9.97. The van der Waals surface area contributed by atoms with Crippen LogP contribution in [-0.2, 0) is 24.4 Å². The van der Waals surface area contributed by atoms with Crippen LogP contribution in [0, 0.1) is 5.82 Å². The van der Waals surface area contributed by atoms with Crippen molar-refractivity contribution in [1.82, 2.24) is 14.8 Å². The summed E-state index contributed by atoms with van der Waals surface area (Å²) >= 11 is 5.85. The number of halogens is 2. The van der Waals surface area contributed by atoms with Gasteiger partial charge in [0, 0.05) is 30.9 Å². The van der Waals surface area contributed by atoms with E-state index in [0.29, 0.717) is 16.8 Å². The molecule has 8 nitrogen and oxygen atoms in total. The predicted molar refractivity (Wildman–Crippen MR) is 126 cm³/mol. The second-order valence-corrected chi connectivity index (χ2v) is 9.93. The van der Waals surface area contributed by atoms with Crippen LogP contribution in [0.2, 0.25) is 5.02 Å². The monoisotopic (exact) mass is 493 g/mol. The summed E-state index contributed by atoms with van der Waals surface area (Å²) in [6, 6.07) is 4.18. The lowest BCUT2D eigenvalue weighted by Gasteiger charge is -2.33. The molecular formula is C24H29ClFN3O5.